The molecule has 1 heterocycles. The minimum absolute atomic E-state index is 0.237. The van der Waals surface area contributed by atoms with Crippen molar-refractivity contribution in [2.75, 3.05) is 0 Å². The molecule has 0 saturated heterocycles. The SMILES string of the molecule is N#Cc1cccc(Cn2ccc(C(N)=O)n2)c1. The number of nitriles is 1. The molecule has 84 valence electrons. The molecule has 2 aromatic rings. The van der Waals surface area contributed by atoms with E-state index in [1.165, 1.54) is 0 Å². The van der Waals surface area contributed by atoms with Gasteiger partial charge in [0.2, 0.25) is 0 Å². The zero-order valence-electron chi connectivity index (χ0n) is 9.00. The minimum atomic E-state index is -0.547. The summed E-state index contributed by atoms with van der Waals surface area (Å²) in [6, 6.07) is 10.9. The number of amides is 1. The van der Waals surface area contributed by atoms with Gasteiger partial charge in [0.25, 0.3) is 5.91 Å². The molecule has 0 radical (unpaired) electrons. The lowest BCUT2D eigenvalue weighted by Crippen LogP contribution is -2.12. The first kappa shape index (κ1) is 10.9. The Hall–Kier alpha value is -2.61. The number of rotatable bonds is 3. The van der Waals surface area contributed by atoms with E-state index in [0.717, 1.165) is 5.56 Å². The van der Waals surface area contributed by atoms with E-state index >= 15 is 0 Å². The molecule has 1 aromatic carbocycles. The van der Waals surface area contributed by atoms with Gasteiger partial charge in [0.1, 0.15) is 5.69 Å². The van der Waals surface area contributed by atoms with Crippen LogP contribution in [0, 0.1) is 11.3 Å². The summed E-state index contributed by atoms with van der Waals surface area (Å²) in [5.41, 5.74) is 6.89. The highest BCUT2D eigenvalue weighted by Gasteiger charge is 2.04. The molecule has 5 nitrogen and oxygen atoms in total. The summed E-state index contributed by atoms with van der Waals surface area (Å²) in [7, 11) is 0. The maximum atomic E-state index is 10.9. The predicted molar refractivity (Wildman–Crippen MR) is 61.0 cm³/mol. The van der Waals surface area contributed by atoms with Gasteiger partial charge in [0.05, 0.1) is 18.2 Å². The van der Waals surface area contributed by atoms with Crippen LogP contribution in [0.2, 0.25) is 0 Å². The first-order valence-electron chi connectivity index (χ1n) is 5.01. The van der Waals surface area contributed by atoms with Crippen molar-refractivity contribution in [1.29, 1.82) is 5.26 Å². The number of carbonyl (C=O) groups excluding carboxylic acids is 1. The Kier molecular flexibility index (Phi) is 2.88. The molecule has 1 aromatic heterocycles. The third-order valence-electron chi connectivity index (χ3n) is 2.29. The van der Waals surface area contributed by atoms with E-state index < -0.39 is 5.91 Å². The van der Waals surface area contributed by atoms with E-state index in [1.54, 1.807) is 29.1 Å². The number of benzene rings is 1. The maximum Gasteiger partial charge on any atom is 0.269 e. The van der Waals surface area contributed by atoms with Crippen molar-refractivity contribution in [3.8, 4) is 6.07 Å². The number of hydrogen-bond donors (Lipinski definition) is 1. The second kappa shape index (κ2) is 4.49. The van der Waals surface area contributed by atoms with Gasteiger partial charge < -0.3 is 5.73 Å². The standard InChI is InChI=1S/C12H10N4O/c13-7-9-2-1-3-10(6-9)8-16-5-4-11(15-16)12(14)17/h1-6H,8H2,(H2,14,17). The molecule has 0 aliphatic heterocycles. The van der Waals surface area contributed by atoms with Crippen LogP contribution in [0.25, 0.3) is 0 Å². The Labute approximate surface area is 98.1 Å². The zero-order chi connectivity index (χ0) is 12.3. The highest BCUT2D eigenvalue weighted by atomic mass is 16.1. The fraction of sp³-hybridized carbons (Fsp3) is 0.0833. The Bertz CT molecular complexity index is 595. The molecular weight excluding hydrogens is 216 g/mol. The van der Waals surface area contributed by atoms with Crippen molar-refractivity contribution in [1.82, 2.24) is 9.78 Å². The van der Waals surface area contributed by atoms with Crippen LogP contribution in [0.15, 0.2) is 36.5 Å². The largest absolute Gasteiger partial charge is 0.364 e. The number of primary amides is 1. The van der Waals surface area contributed by atoms with E-state index in [1.807, 2.05) is 12.1 Å². The van der Waals surface area contributed by atoms with Gasteiger partial charge in [-0.2, -0.15) is 10.4 Å². The van der Waals surface area contributed by atoms with Crippen LogP contribution in [0.5, 0.6) is 0 Å². The quantitative estimate of drug-likeness (QED) is 0.843. The average Bonchev–Trinajstić information content (AvgIpc) is 2.78. The maximum absolute atomic E-state index is 10.9. The van der Waals surface area contributed by atoms with Gasteiger partial charge in [0.15, 0.2) is 0 Å². The smallest absolute Gasteiger partial charge is 0.269 e. The van der Waals surface area contributed by atoms with Crippen LogP contribution < -0.4 is 5.73 Å². The van der Waals surface area contributed by atoms with E-state index in [9.17, 15) is 4.79 Å². The Morgan fingerprint density at radius 3 is 2.94 bits per heavy atom. The Morgan fingerprint density at radius 2 is 2.29 bits per heavy atom. The van der Waals surface area contributed by atoms with Gasteiger partial charge in [-0.1, -0.05) is 12.1 Å². The second-order valence-corrected chi connectivity index (χ2v) is 3.57. The topological polar surface area (TPSA) is 84.7 Å². The number of nitrogens with zero attached hydrogens (tertiary/aromatic N) is 3. The molecule has 0 aliphatic carbocycles. The molecule has 0 unspecified atom stereocenters. The lowest BCUT2D eigenvalue weighted by atomic mass is 10.1. The lowest BCUT2D eigenvalue weighted by Gasteiger charge is -2.01. The summed E-state index contributed by atoms with van der Waals surface area (Å²) >= 11 is 0. The molecule has 0 bridgehead atoms. The summed E-state index contributed by atoms with van der Waals surface area (Å²) in [5.74, 6) is -0.547. The molecule has 1 amide bonds. The lowest BCUT2D eigenvalue weighted by molar-refractivity contribution is 0.0995. The second-order valence-electron chi connectivity index (χ2n) is 3.57. The van der Waals surface area contributed by atoms with E-state index in [2.05, 4.69) is 11.2 Å². The van der Waals surface area contributed by atoms with Crippen molar-refractivity contribution in [3.05, 3.63) is 53.3 Å². The fourth-order valence-corrected chi connectivity index (χ4v) is 1.51. The van der Waals surface area contributed by atoms with Crippen LogP contribution in [0.1, 0.15) is 21.6 Å². The van der Waals surface area contributed by atoms with E-state index in [4.69, 9.17) is 11.0 Å². The first-order valence-corrected chi connectivity index (χ1v) is 5.01. The number of nitrogens with two attached hydrogens (primary N) is 1. The molecule has 2 rings (SSSR count). The number of hydrogen-bond acceptors (Lipinski definition) is 3. The summed E-state index contributed by atoms with van der Waals surface area (Å²) in [5, 5.41) is 12.8. The fourth-order valence-electron chi connectivity index (χ4n) is 1.51. The summed E-state index contributed by atoms with van der Waals surface area (Å²) < 4.78 is 1.61. The van der Waals surface area contributed by atoms with Gasteiger partial charge >= 0.3 is 0 Å². The monoisotopic (exact) mass is 226 g/mol. The van der Waals surface area contributed by atoms with Crippen LogP contribution in [0.4, 0.5) is 0 Å². The van der Waals surface area contributed by atoms with Crippen LogP contribution in [-0.4, -0.2) is 15.7 Å². The normalized spacial score (nSPS) is 9.82. The molecular formula is C12H10N4O. The predicted octanol–water partition coefficient (Wildman–Crippen LogP) is 0.902. The molecule has 17 heavy (non-hydrogen) atoms. The van der Waals surface area contributed by atoms with Crippen molar-refractivity contribution in [2.24, 2.45) is 5.73 Å². The van der Waals surface area contributed by atoms with Crippen LogP contribution in [0.3, 0.4) is 0 Å². The molecule has 5 heteroatoms. The summed E-state index contributed by atoms with van der Waals surface area (Å²) in [6.45, 7) is 0.503. The Balaban J connectivity index is 2.19. The van der Waals surface area contributed by atoms with Gasteiger partial charge in [-0.05, 0) is 23.8 Å². The van der Waals surface area contributed by atoms with Gasteiger partial charge in [0, 0.05) is 6.20 Å². The number of carbonyl (C=O) groups is 1. The van der Waals surface area contributed by atoms with E-state index in [0.29, 0.717) is 12.1 Å². The molecule has 2 N–H and O–H groups in total. The van der Waals surface area contributed by atoms with Crippen LogP contribution >= 0.6 is 0 Å². The Morgan fingerprint density at radius 1 is 1.47 bits per heavy atom. The molecule has 0 spiro atoms. The molecule has 0 atom stereocenters. The van der Waals surface area contributed by atoms with Crippen molar-refractivity contribution >= 4 is 5.91 Å². The van der Waals surface area contributed by atoms with E-state index in [-0.39, 0.29) is 5.69 Å². The third-order valence-corrected chi connectivity index (χ3v) is 2.29. The first-order chi connectivity index (χ1) is 8.19. The molecule has 0 saturated carbocycles. The van der Waals surface area contributed by atoms with Gasteiger partial charge in [-0.15, -0.1) is 0 Å². The van der Waals surface area contributed by atoms with Crippen molar-refractivity contribution in [3.63, 3.8) is 0 Å². The number of aromatic nitrogens is 2. The zero-order valence-corrected chi connectivity index (χ0v) is 9.00. The van der Waals surface area contributed by atoms with Crippen molar-refractivity contribution in [2.45, 2.75) is 6.54 Å². The molecule has 0 fully saturated rings. The summed E-state index contributed by atoms with van der Waals surface area (Å²) in [6.07, 6.45) is 1.68. The third kappa shape index (κ3) is 2.49. The summed E-state index contributed by atoms with van der Waals surface area (Å²) in [4.78, 5) is 10.9. The average molecular weight is 226 g/mol. The highest BCUT2D eigenvalue weighted by molar-refractivity contribution is 5.90. The van der Waals surface area contributed by atoms with Crippen molar-refractivity contribution < 1.29 is 4.79 Å². The van der Waals surface area contributed by atoms with Gasteiger partial charge in [-0.3, -0.25) is 9.48 Å². The minimum Gasteiger partial charge on any atom is -0.364 e. The van der Waals surface area contributed by atoms with Crippen LogP contribution in [-0.2, 0) is 6.54 Å². The molecule has 0 aliphatic rings. The highest BCUT2D eigenvalue weighted by Crippen LogP contribution is 2.06. The van der Waals surface area contributed by atoms with Gasteiger partial charge in [-0.25, -0.2) is 0 Å².